The third-order valence-corrected chi connectivity index (χ3v) is 3.32. The van der Waals surface area contributed by atoms with Gasteiger partial charge in [-0.25, -0.2) is 4.68 Å². The highest BCUT2D eigenvalue weighted by molar-refractivity contribution is 6.34. The van der Waals surface area contributed by atoms with Crippen LogP contribution in [0.15, 0.2) is 66.9 Å². The molecule has 20 heavy (non-hydrogen) atoms. The Kier molecular flexibility index (Phi) is 3.35. The molecule has 0 unspecified atom stereocenters. The van der Waals surface area contributed by atoms with Gasteiger partial charge in [-0.15, -0.1) is 0 Å². The van der Waals surface area contributed by atoms with Crippen molar-refractivity contribution in [3.63, 3.8) is 0 Å². The van der Waals surface area contributed by atoms with E-state index < -0.39 is 0 Å². The molecule has 0 saturated heterocycles. The SMILES string of the molecule is O=C(c1ccccc1Cl)c1ccnn1-c1ccccc1. The fourth-order valence-corrected chi connectivity index (χ4v) is 2.26. The maximum absolute atomic E-state index is 12.6. The molecule has 0 spiro atoms. The van der Waals surface area contributed by atoms with Crippen molar-refractivity contribution in [3.05, 3.63) is 83.1 Å². The van der Waals surface area contributed by atoms with E-state index in [0.29, 0.717) is 16.3 Å². The molecule has 0 bridgehead atoms. The molecule has 0 fully saturated rings. The first-order valence-electron chi connectivity index (χ1n) is 6.16. The van der Waals surface area contributed by atoms with E-state index in [9.17, 15) is 4.79 Å². The molecule has 0 amide bonds. The van der Waals surface area contributed by atoms with Gasteiger partial charge in [0.1, 0.15) is 5.69 Å². The van der Waals surface area contributed by atoms with E-state index in [1.807, 2.05) is 30.3 Å². The van der Waals surface area contributed by atoms with Crippen LogP contribution < -0.4 is 0 Å². The monoisotopic (exact) mass is 282 g/mol. The highest BCUT2D eigenvalue weighted by atomic mass is 35.5. The summed E-state index contributed by atoms with van der Waals surface area (Å²) in [6.45, 7) is 0. The van der Waals surface area contributed by atoms with Crippen LogP contribution in [0.25, 0.3) is 5.69 Å². The lowest BCUT2D eigenvalue weighted by atomic mass is 10.1. The lowest BCUT2D eigenvalue weighted by molar-refractivity contribution is 0.103. The van der Waals surface area contributed by atoms with E-state index in [2.05, 4.69) is 5.10 Å². The van der Waals surface area contributed by atoms with Gasteiger partial charge in [0.25, 0.3) is 0 Å². The Balaban J connectivity index is 2.07. The molecule has 0 aliphatic heterocycles. The van der Waals surface area contributed by atoms with Crippen molar-refractivity contribution in [2.75, 3.05) is 0 Å². The summed E-state index contributed by atoms with van der Waals surface area (Å²) >= 11 is 6.08. The van der Waals surface area contributed by atoms with Gasteiger partial charge in [-0.3, -0.25) is 4.79 Å². The fraction of sp³-hybridized carbons (Fsp3) is 0. The number of carbonyl (C=O) groups is 1. The van der Waals surface area contributed by atoms with Gasteiger partial charge in [0.05, 0.1) is 16.9 Å². The maximum atomic E-state index is 12.6. The van der Waals surface area contributed by atoms with Crippen LogP contribution in [-0.4, -0.2) is 15.6 Å². The Morgan fingerprint density at radius 1 is 0.950 bits per heavy atom. The lowest BCUT2D eigenvalue weighted by Crippen LogP contribution is -2.10. The first-order valence-corrected chi connectivity index (χ1v) is 6.54. The van der Waals surface area contributed by atoms with Gasteiger partial charge in [0, 0.05) is 5.56 Å². The minimum Gasteiger partial charge on any atom is -0.287 e. The van der Waals surface area contributed by atoms with Gasteiger partial charge >= 0.3 is 0 Å². The first-order chi connectivity index (χ1) is 9.77. The summed E-state index contributed by atoms with van der Waals surface area (Å²) in [7, 11) is 0. The Morgan fingerprint density at radius 3 is 2.40 bits per heavy atom. The normalized spacial score (nSPS) is 10.4. The number of benzene rings is 2. The zero-order valence-corrected chi connectivity index (χ0v) is 11.3. The molecule has 0 aliphatic carbocycles. The van der Waals surface area contributed by atoms with Crippen LogP contribution in [-0.2, 0) is 0 Å². The molecule has 1 aromatic heterocycles. The number of aromatic nitrogens is 2. The molecule has 1 heterocycles. The zero-order chi connectivity index (χ0) is 13.9. The number of hydrogen-bond acceptors (Lipinski definition) is 2. The molecule has 3 rings (SSSR count). The number of nitrogens with zero attached hydrogens (tertiary/aromatic N) is 2. The van der Waals surface area contributed by atoms with Crippen molar-refractivity contribution >= 4 is 17.4 Å². The molecule has 0 aliphatic rings. The minimum atomic E-state index is -0.142. The topological polar surface area (TPSA) is 34.9 Å². The van der Waals surface area contributed by atoms with E-state index in [1.165, 1.54) is 0 Å². The van der Waals surface area contributed by atoms with E-state index in [-0.39, 0.29) is 5.78 Å². The van der Waals surface area contributed by atoms with Gasteiger partial charge in [0.2, 0.25) is 5.78 Å². The summed E-state index contributed by atoms with van der Waals surface area (Å²) < 4.78 is 1.62. The van der Waals surface area contributed by atoms with Gasteiger partial charge in [0.15, 0.2) is 0 Å². The van der Waals surface area contributed by atoms with Crippen LogP contribution in [0.4, 0.5) is 0 Å². The van der Waals surface area contributed by atoms with Crippen LogP contribution in [0, 0.1) is 0 Å². The zero-order valence-electron chi connectivity index (χ0n) is 10.5. The summed E-state index contributed by atoms with van der Waals surface area (Å²) in [5, 5.41) is 4.66. The molecular formula is C16H11ClN2O. The number of ketones is 1. The molecule has 0 radical (unpaired) electrons. The molecule has 0 N–H and O–H groups in total. The van der Waals surface area contributed by atoms with Crippen LogP contribution in [0.1, 0.15) is 16.1 Å². The molecular weight excluding hydrogens is 272 g/mol. The summed E-state index contributed by atoms with van der Waals surface area (Å²) in [6, 6.07) is 18.2. The standard InChI is InChI=1S/C16H11ClN2O/c17-14-9-5-4-8-13(14)16(20)15-10-11-18-19(15)12-6-2-1-3-7-12/h1-11H. The third kappa shape index (κ3) is 2.24. The van der Waals surface area contributed by atoms with E-state index in [4.69, 9.17) is 11.6 Å². The van der Waals surface area contributed by atoms with Crippen molar-refractivity contribution in [1.82, 2.24) is 9.78 Å². The van der Waals surface area contributed by atoms with Gasteiger partial charge in [-0.2, -0.15) is 5.10 Å². The summed E-state index contributed by atoms with van der Waals surface area (Å²) in [4.78, 5) is 12.6. The maximum Gasteiger partial charge on any atom is 0.212 e. The van der Waals surface area contributed by atoms with Crippen molar-refractivity contribution < 1.29 is 4.79 Å². The van der Waals surface area contributed by atoms with Crippen LogP contribution in [0.2, 0.25) is 5.02 Å². The Bertz CT molecular complexity index is 750. The molecule has 4 heteroatoms. The van der Waals surface area contributed by atoms with Gasteiger partial charge in [-0.05, 0) is 30.3 Å². The average Bonchev–Trinajstić information content (AvgIpc) is 2.97. The summed E-state index contributed by atoms with van der Waals surface area (Å²) in [5.74, 6) is -0.142. The third-order valence-electron chi connectivity index (χ3n) is 2.99. The lowest BCUT2D eigenvalue weighted by Gasteiger charge is -2.07. The molecule has 98 valence electrons. The van der Waals surface area contributed by atoms with Crippen LogP contribution >= 0.6 is 11.6 Å². The predicted octanol–water partition coefficient (Wildman–Crippen LogP) is 3.76. The van der Waals surface area contributed by atoms with Crippen molar-refractivity contribution in [2.24, 2.45) is 0 Å². The number of halogens is 1. The van der Waals surface area contributed by atoms with E-state index >= 15 is 0 Å². The molecule has 0 saturated carbocycles. The highest BCUT2D eigenvalue weighted by Crippen LogP contribution is 2.20. The Labute approximate surface area is 121 Å². The summed E-state index contributed by atoms with van der Waals surface area (Å²) in [6.07, 6.45) is 1.61. The second kappa shape index (κ2) is 5.31. The predicted molar refractivity (Wildman–Crippen MR) is 78.4 cm³/mol. The van der Waals surface area contributed by atoms with Crippen molar-refractivity contribution in [2.45, 2.75) is 0 Å². The average molecular weight is 283 g/mol. The number of hydrogen-bond donors (Lipinski definition) is 0. The molecule has 3 aromatic rings. The molecule has 2 aromatic carbocycles. The second-order valence-corrected chi connectivity index (χ2v) is 4.68. The molecule has 3 nitrogen and oxygen atoms in total. The smallest absolute Gasteiger partial charge is 0.212 e. The minimum absolute atomic E-state index is 0.142. The van der Waals surface area contributed by atoms with Gasteiger partial charge < -0.3 is 0 Å². The fourth-order valence-electron chi connectivity index (χ4n) is 2.03. The second-order valence-electron chi connectivity index (χ2n) is 4.27. The Hall–Kier alpha value is -2.39. The van der Waals surface area contributed by atoms with Crippen molar-refractivity contribution in [1.29, 1.82) is 0 Å². The first kappa shape index (κ1) is 12.6. The highest BCUT2D eigenvalue weighted by Gasteiger charge is 2.17. The van der Waals surface area contributed by atoms with Crippen molar-refractivity contribution in [3.8, 4) is 5.69 Å². The van der Waals surface area contributed by atoms with E-state index in [0.717, 1.165) is 5.69 Å². The number of carbonyl (C=O) groups excluding carboxylic acids is 1. The number of para-hydroxylation sites is 1. The quantitative estimate of drug-likeness (QED) is 0.686. The van der Waals surface area contributed by atoms with Crippen LogP contribution in [0.5, 0.6) is 0 Å². The number of rotatable bonds is 3. The van der Waals surface area contributed by atoms with E-state index in [1.54, 1.807) is 41.2 Å². The summed E-state index contributed by atoms with van der Waals surface area (Å²) in [5.41, 5.74) is 1.81. The Morgan fingerprint density at radius 2 is 1.65 bits per heavy atom. The van der Waals surface area contributed by atoms with Gasteiger partial charge in [-0.1, -0.05) is 41.9 Å². The molecule has 0 atom stereocenters. The largest absolute Gasteiger partial charge is 0.287 e. The van der Waals surface area contributed by atoms with Crippen LogP contribution in [0.3, 0.4) is 0 Å².